The Balaban J connectivity index is 1.63. The lowest BCUT2D eigenvalue weighted by Gasteiger charge is -2.21. The molecule has 2 aromatic carbocycles. The SMILES string of the molecule is COc1cc(C)c([C@@H](C)NC(=O)CCc2ccc3c(c2)OCCO3)cc1C(C)C. The minimum atomic E-state index is -0.0637. The van der Waals surface area contributed by atoms with Crippen LogP contribution in [0.5, 0.6) is 17.2 Å². The minimum Gasteiger partial charge on any atom is -0.496 e. The van der Waals surface area contributed by atoms with Crippen molar-refractivity contribution in [1.82, 2.24) is 5.32 Å². The first-order valence-corrected chi connectivity index (χ1v) is 10.3. The first-order valence-electron chi connectivity index (χ1n) is 10.3. The molecule has 1 aliphatic rings. The molecule has 1 N–H and O–H groups in total. The van der Waals surface area contributed by atoms with Gasteiger partial charge >= 0.3 is 0 Å². The maximum Gasteiger partial charge on any atom is 0.220 e. The Bertz CT molecular complexity index is 875. The molecule has 29 heavy (non-hydrogen) atoms. The van der Waals surface area contributed by atoms with Crippen LogP contribution in [0.15, 0.2) is 30.3 Å². The molecule has 0 aliphatic carbocycles. The predicted octanol–water partition coefficient (Wildman–Crippen LogP) is 4.71. The van der Waals surface area contributed by atoms with E-state index in [1.807, 2.05) is 25.1 Å². The summed E-state index contributed by atoms with van der Waals surface area (Å²) in [6.07, 6.45) is 1.09. The molecule has 1 amide bonds. The monoisotopic (exact) mass is 397 g/mol. The zero-order valence-corrected chi connectivity index (χ0v) is 18.0. The van der Waals surface area contributed by atoms with E-state index in [2.05, 4.69) is 38.2 Å². The van der Waals surface area contributed by atoms with Crippen LogP contribution in [0.1, 0.15) is 61.4 Å². The van der Waals surface area contributed by atoms with Crippen molar-refractivity contribution < 1.29 is 19.0 Å². The van der Waals surface area contributed by atoms with Gasteiger partial charge in [-0.2, -0.15) is 0 Å². The Morgan fingerprint density at radius 2 is 1.79 bits per heavy atom. The zero-order valence-electron chi connectivity index (χ0n) is 18.0. The van der Waals surface area contributed by atoms with Gasteiger partial charge in [-0.05, 0) is 72.7 Å². The summed E-state index contributed by atoms with van der Waals surface area (Å²) in [5.74, 6) is 2.82. The molecule has 0 saturated carbocycles. The molecular weight excluding hydrogens is 366 g/mol. The van der Waals surface area contributed by atoms with Crippen molar-refractivity contribution in [1.29, 1.82) is 0 Å². The molecule has 1 atom stereocenters. The van der Waals surface area contributed by atoms with Gasteiger partial charge < -0.3 is 19.5 Å². The summed E-state index contributed by atoms with van der Waals surface area (Å²) in [7, 11) is 1.70. The lowest BCUT2D eigenvalue weighted by Crippen LogP contribution is -2.27. The van der Waals surface area contributed by atoms with Crippen LogP contribution >= 0.6 is 0 Å². The molecule has 3 rings (SSSR count). The Kier molecular flexibility index (Phi) is 6.68. The van der Waals surface area contributed by atoms with E-state index in [0.717, 1.165) is 39.5 Å². The number of carbonyl (C=O) groups excluding carboxylic acids is 1. The fraction of sp³-hybridized carbons (Fsp3) is 0.458. The summed E-state index contributed by atoms with van der Waals surface area (Å²) >= 11 is 0. The normalized spacial score (nSPS) is 13.9. The number of hydrogen-bond donors (Lipinski definition) is 1. The van der Waals surface area contributed by atoms with Crippen LogP contribution in [0.4, 0.5) is 0 Å². The largest absolute Gasteiger partial charge is 0.496 e. The van der Waals surface area contributed by atoms with Crippen molar-refractivity contribution in [3.63, 3.8) is 0 Å². The standard InChI is InChI=1S/C24H31NO4/c1-15(2)19-14-20(16(3)12-22(19)27-5)17(4)25-24(26)9-7-18-6-8-21-23(13-18)29-11-10-28-21/h6,8,12-15,17H,7,9-11H2,1-5H3,(H,25,26)/t17-/m1/s1. The van der Waals surface area contributed by atoms with Crippen LogP contribution in [0.25, 0.3) is 0 Å². The number of fused-ring (bicyclic) bond motifs is 1. The number of benzene rings is 2. The molecule has 1 aliphatic heterocycles. The van der Waals surface area contributed by atoms with Crippen LogP contribution < -0.4 is 19.5 Å². The van der Waals surface area contributed by atoms with E-state index in [1.54, 1.807) is 7.11 Å². The Morgan fingerprint density at radius 3 is 2.48 bits per heavy atom. The molecule has 0 aromatic heterocycles. The third-order valence-corrected chi connectivity index (χ3v) is 5.33. The highest BCUT2D eigenvalue weighted by Crippen LogP contribution is 2.33. The van der Waals surface area contributed by atoms with Crippen LogP contribution in [0.3, 0.4) is 0 Å². The van der Waals surface area contributed by atoms with Gasteiger partial charge in [0.1, 0.15) is 19.0 Å². The molecular formula is C24H31NO4. The van der Waals surface area contributed by atoms with Crippen molar-refractivity contribution in [2.75, 3.05) is 20.3 Å². The Hall–Kier alpha value is -2.69. The molecule has 0 saturated heterocycles. The fourth-order valence-corrected chi connectivity index (χ4v) is 3.70. The smallest absolute Gasteiger partial charge is 0.220 e. The number of amides is 1. The Labute approximate surface area is 173 Å². The number of aryl methyl sites for hydroxylation is 2. The molecule has 0 radical (unpaired) electrons. The van der Waals surface area contributed by atoms with Gasteiger partial charge in [0.25, 0.3) is 0 Å². The predicted molar refractivity (Wildman–Crippen MR) is 114 cm³/mol. The quantitative estimate of drug-likeness (QED) is 0.735. The summed E-state index contributed by atoms with van der Waals surface area (Å²) in [4.78, 5) is 12.6. The molecule has 2 aromatic rings. The van der Waals surface area contributed by atoms with E-state index < -0.39 is 0 Å². The zero-order chi connectivity index (χ0) is 21.0. The van der Waals surface area contributed by atoms with Crippen molar-refractivity contribution in [2.24, 2.45) is 0 Å². The second-order valence-corrected chi connectivity index (χ2v) is 7.87. The van der Waals surface area contributed by atoms with Crippen molar-refractivity contribution in [2.45, 2.75) is 52.5 Å². The molecule has 0 bridgehead atoms. The second kappa shape index (κ2) is 9.21. The number of nitrogens with one attached hydrogen (secondary N) is 1. The maximum absolute atomic E-state index is 12.6. The lowest BCUT2D eigenvalue weighted by molar-refractivity contribution is -0.121. The highest BCUT2D eigenvalue weighted by molar-refractivity contribution is 5.76. The van der Waals surface area contributed by atoms with Gasteiger partial charge in [0.2, 0.25) is 5.91 Å². The average molecular weight is 398 g/mol. The number of carbonyl (C=O) groups is 1. The van der Waals surface area contributed by atoms with E-state index >= 15 is 0 Å². The third kappa shape index (κ3) is 5.03. The van der Waals surface area contributed by atoms with Gasteiger partial charge in [-0.25, -0.2) is 0 Å². The second-order valence-electron chi connectivity index (χ2n) is 7.87. The lowest BCUT2D eigenvalue weighted by atomic mass is 9.93. The van der Waals surface area contributed by atoms with E-state index in [1.165, 1.54) is 0 Å². The Morgan fingerprint density at radius 1 is 1.07 bits per heavy atom. The first-order chi connectivity index (χ1) is 13.9. The highest BCUT2D eigenvalue weighted by Gasteiger charge is 2.17. The van der Waals surface area contributed by atoms with Crippen LogP contribution in [0, 0.1) is 6.92 Å². The number of hydrogen-bond acceptors (Lipinski definition) is 4. The molecule has 0 spiro atoms. The van der Waals surface area contributed by atoms with Gasteiger partial charge in [0, 0.05) is 6.42 Å². The molecule has 0 unspecified atom stereocenters. The third-order valence-electron chi connectivity index (χ3n) is 5.33. The van der Waals surface area contributed by atoms with Gasteiger partial charge in [0.05, 0.1) is 13.2 Å². The van der Waals surface area contributed by atoms with Crippen molar-refractivity contribution >= 4 is 5.91 Å². The molecule has 5 heteroatoms. The van der Waals surface area contributed by atoms with Crippen molar-refractivity contribution in [3.05, 3.63) is 52.6 Å². The topological polar surface area (TPSA) is 56.8 Å². The van der Waals surface area contributed by atoms with E-state index in [-0.39, 0.29) is 11.9 Å². The fourth-order valence-electron chi connectivity index (χ4n) is 3.70. The molecule has 5 nitrogen and oxygen atoms in total. The van der Waals surface area contributed by atoms with Crippen LogP contribution in [0.2, 0.25) is 0 Å². The van der Waals surface area contributed by atoms with E-state index in [0.29, 0.717) is 32.0 Å². The molecule has 0 fully saturated rings. The number of methoxy groups -OCH3 is 1. The average Bonchev–Trinajstić information content (AvgIpc) is 2.71. The highest BCUT2D eigenvalue weighted by atomic mass is 16.6. The van der Waals surface area contributed by atoms with Gasteiger partial charge in [-0.1, -0.05) is 19.9 Å². The van der Waals surface area contributed by atoms with Crippen LogP contribution in [-0.4, -0.2) is 26.2 Å². The summed E-state index contributed by atoms with van der Waals surface area (Å²) in [6, 6.07) is 10.0. The minimum absolute atomic E-state index is 0.0358. The van der Waals surface area contributed by atoms with Gasteiger partial charge in [-0.15, -0.1) is 0 Å². The summed E-state index contributed by atoms with van der Waals surface area (Å²) in [6.45, 7) is 9.52. The van der Waals surface area contributed by atoms with Gasteiger partial charge in [0.15, 0.2) is 11.5 Å². The van der Waals surface area contributed by atoms with Gasteiger partial charge in [-0.3, -0.25) is 4.79 Å². The first kappa shape index (κ1) is 21.0. The van der Waals surface area contributed by atoms with E-state index in [9.17, 15) is 4.79 Å². The number of rotatable bonds is 7. The molecule has 156 valence electrons. The summed E-state index contributed by atoms with van der Waals surface area (Å²) in [5, 5.41) is 3.14. The maximum atomic E-state index is 12.6. The summed E-state index contributed by atoms with van der Waals surface area (Å²) in [5.41, 5.74) is 4.47. The van der Waals surface area contributed by atoms with Crippen LogP contribution in [-0.2, 0) is 11.2 Å². The molecule has 1 heterocycles. The van der Waals surface area contributed by atoms with E-state index in [4.69, 9.17) is 14.2 Å². The van der Waals surface area contributed by atoms with Crippen molar-refractivity contribution in [3.8, 4) is 17.2 Å². The summed E-state index contributed by atoms with van der Waals surface area (Å²) < 4.78 is 16.7. The number of ether oxygens (including phenoxy) is 3.